The summed E-state index contributed by atoms with van der Waals surface area (Å²) in [5.41, 5.74) is 8.36. The van der Waals surface area contributed by atoms with Crippen molar-refractivity contribution in [3.05, 3.63) is 89.0 Å². The van der Waals surface area contributed by atoms with Crippen LogP contribution in [0.25, 0.3) is 27.5 Å². The van der Waals surface area contributed by atoms with Crippen LogP contribution in [0.4, 0.5) is 0 Å². The Morgan fingerprint density at radius 1 is 1.03 bits per heavy atom. The Bertz CT molecular complexity index is 1590. The highest BCUT2D eigenvalue weighted by Gasteiger charge is 2.60. The summed E-state index contributed by atoms with van der Waals surface area (Å²) in [5.74, 6) is 1.78. The van der Waals surface area contributed by atoms with Crippen LogP contribution in [-0.4, -0.2) is 37.7 Å². The van der Waals surface area contributed by atoms with Gasteiger partial charge < -0.3 is 13.9 Å². The highest BCUT2D eigenvalue weighted by Crippen LogP contribution is 2.62. The third-order valence-corrected chi connectivity index (χ3v) is 8.64. The number of ether oxygens (including phenoxy) is 2. The van der Waals surface area contributed by atoms with Gasteiger partial charge in [-0.05, 0) is 61.4 Å². The first-order valence-corrected chi connectivity index (χ1v) is 12.1. The van der Waals surface area contributed by atoms with Crippen LogP contribution in [0.15, 0.2) is 76.7 Å². The summed E-state index contributed by atoms with van der Waals surface area (Å²) >= 11 is 0. The molecular weight excluding hydrogens is 422 g/mol. The van der Waals surface area contributed by atoms with Gasteiger partial charge in [-0.3, -0.25) is 4.90 Å². The van der Waals surface area contributed by atoms with E-state index < -0.39 is 0 Å². The zero-order valence-corrected chi connectivity index (χ0v) is 19.3. The van der Waals surface area contributed by atoms with Crippen LogP contribution in [0.1, 0.15) is 23.1 Å². The fourth-order valence-electron chi connectivity index (χ4n) is 7.07. The molecule has 0 saturated carbocycles. The monoisotopic (exact) mass is 447 g/mol. The molecule has 3 aromatic carbocycles. The number of likely N-dealkylation sites (tertiary alicyclic amines) is 1. The van der Waals surface area contributed by atoms with Crippen molar-refractivity contribution in [2.75, 3.05) is 20.7 Å². The van der Waals surface area contributed by atoms with Crippen molar-refractivity contribution < 1.29 is 13.9 Å². The van der Waals surface area contributed by atoms with Crippen LogP contribution in [0, 0.1) is 0 Å². The van der Waals surface area contributed by atoms with E-state index in [0.29, 0.717) is 6.04 Å². The molecule has 0 unspecified atom stereocenters. The van der Waals surface area contributed by atoms with E-state index in [1.54, 1.807) is 7.11 Å². The Hall–Kier alpha value is -3.50. The summed E-state index contributed by atoms with van der Waals surface area (Å²) in [6.45, 7) is 1.07. The average Bonchev–Trinajstić information content (AvgIpc) is 3.41. The molecule has 8 rings (SSSR count). The van der Waals surface area contributed by atoms with Crippen molar-refractivity contribution in [1.29, 1.82) is 0 Å². The van der Waals surface area contributed by atoms with Crippen LogP contribution in [0.3, 0.4) is 0 Å². The minimum atomic E-state index is -0.0973. The minimum Gasteiger partial charge on any atom is -0.493 e. The number of allylic oxidation sites excluding steroid dienone is 2. The molecule has 4 aliphatic rings. The summed E-state index contributed by atoms with van der Waals surface area (Å²) < 4.78 is 18.9. The van der Waals surface area contributed by atoms with Crippen LogP contribution in [0.5, 0.6) is 11.5 Å². The topological polar surface area (TPSA) is 34.8 Å². The van der Waals surface area contributed by atoms with Gasteiger partial charge in [0.2, 0.25) is 0 Å². The van der Waals surface area contributed by atoms with Gasteiger partial charge in [0.05, 0.1) is 12.5 Å². The van der Waals surface area contributed by atoms with Crippen LogP contribution < -0.4 is 9.47 Å². The number of likely N-dealkylation sites (N-methyl/N-ethyl adjacent to an activating group) is 1. The second-order valence-corrected chi connectivity index (χ2v) is 10.1. The molecule has 3 heterocycles. The smallest absolute Gasteiger partial charge is 0.166 e. The van der Waals surface area contributed by atoms with Crippen molar-refractivity contribution in [3.8, 4) is 11.5 Å². The van der Waals surface area contributed by atoms with Gasteiger partial charge in [0.1, 0.15) is 17.3 Å². The molecule has 2 aliphatic carbocycles. The summed E-state index contributed by atoms with van der Waals surface area (Å²) in [6.07, 6.45) is 6.81. The summed E-state index contributed by atoms with van der Waals surface area (Å²) in [4.78, 5) is 2.52. The standard InChI is InChI=1S/C30H25NO3/c1-31-13-12-30-22-14-18(19-7-5-8-21-20-6-3-4-9-24(20)33-28(19)21)16-26(30)34-29-25(32-2)11-10-17(27(29)30)15-23(22)31/h3-11,14,16,23,26H,12-13,15H2,1-2H3/t23-,26+,30-/m1/s1. The van der Waals surface area contributed by atoms with E-state index in [1.165, 1.54) is 22.3 Å². The number of methoxy groups -OCH3 is 1. The number of fused-ring (bicyclic) bond motifs is 3. The number of hydrogen-bond donors (Lipinski definition) is 0. The van der Waals surface area contributed by atoms with Gasteiger partial charge in [-0.15, -0.1) is 0 Å². The molecule has 168 valence electrons. The highest BCUT2D eigenvalue weighted by atomic mass is 16.5. The lowest BCUT2D eigenvalue weighted by Crippen LogP contribution is -2.57. The van der Waals surface area contributed by atoms with Crippen LogP contribution in [-0.2, 0) is 11.8 Å². The van der Waals surface area contributed by atoms with Crippen LogP contribution in [0.2, 0.25) is 0 Å². The Morgan fingerprint density at radius 2 is 1.91 bits per heavy atom. The number of hydrogen-bond acceptors (Lipinski definition) is 4. The Morgan fingerprint density at radius 3 is 2.82 bits per heavy atom. The van der Waals surface area contributed by atoms with Gasteiger partial charge in [-0.2, -0.15) is 0 Å². The largest absolute Gasteiger partial charge is 0.493 e. The molecule has 4 heteroatoms. The number of furan rings is 1. The van der Waals surface area contributed by atoms with E-state index in [1.807, 2.05) is 12.1 Å². The fourth-order valence-corrected chi connectivity index (χ4v) is 7.07. The zero-order valence-electron chi connectivity index (χ0n) is 19.3. The molecule has 0 radical (unpaired) electrons. The first-order valence-electron chi connectivity index (χ1n) is 12.1. The van der Waals surface area contributed by atoms with E-state index in [9.17, 15) is 0 Å². The van der Waals surface area contributed by atoms with E-state index in [4.69, 9.17) is 13.9 Å². The second-order valence-electron chi connectivity index (χ2n) is 10.1. The van der Waals surface area contributed by atoms with Gasteiger partial charge in [-0.1, -0.05) is 48.5 Å². The molecule has 4 aromatic rings. The SMILES string of the molecule is COc1ccc2c3c1O[C@H]1C=C(c4cccc5c4oc4ccccc45)C=C4[C@@H](C2)N(C)CC[C@]431. The maximum atomic E-state index is 6.77. The van der Waals surface area contributed by atoms with Crippen molar-refractivity contribution >= 4 is 27.5 Å². The number of piperidine rings is 1. The Labute approximate surface area is 198 Å². The first kappa shape index (κ1) is 18.9. The molecule has 4 nitrogen and oxygen atoms in total. The fraction of sp³-hybridized carbons (Fsp3) is 0.267. The molecule has 2 bridgehead atoms. The number of rotatable bonds is 2. The number of benzene rings is 3. The molecule has 0 N–H and O–H groups in total. The molecule has 1 spiro atoms. The van der Waals surface area contributed by atoms with E-state index in [-0.39, 0.29) is 11.5 Å². The normalized spacial score (nSPS) is 26.8. The number of para-hydroxylation sites is 2. The molecular formula is C30H25NO3. The highest BCUT2D eigenvalue weighted by molar-refractivity contribution is 6.09. The van der Waals surface area contributed by atoms with Crippen LogP contribution >= 0.6 is 0 Å². The quantitative estimate of drug-likeness (QED) is 0.385. The maximum Gasteiger partial charge on any atom is 0.166 e. The van der Waals surface area contributed by atoms with Gasteiger partial charge in [0.25, 0.3) is 0 Å². The van der Waals surface area contributed by atoms with Gasteiger partial charge in [0, 0.05) is 27.9 Å². The Balaban J connectivity index is 1.39. The van der Waals surface area contributed by atoms with Gasteiger partial charge >= 0.3 is 0 Å². The average molecular weight is 448 g/mol. The van der Waals surface area contributed by atoms with E-state index >= 15 is 0 Å². The van der Waals surface area contributed by atoms with Crippen molar-refractivity contribution in [3.63, 3.8) is 0 Å². The lowest BCUT2D eigenvalue weighted by atomic mass is 9.57. The molecule has 34 heavy (non-hydrogen) atoms. The van der Waals surface area contributed by atoms with Gasteiger partial charge in [-0.25, -0.2) is 0 Å². The number of nitrogens with zero attached hydrogens (tertiary/aromatic N) is 1. The van der Waals surface area contributed by atoms with Gasteiger partial charge in [0.15, 0.2) is 11.5 Å². The van der Waals surface area contributed by atoms with Crippen molar-refractivity contribution in [2.45, 2.75) is 30.4 Å². The summed E-state index contributed by atoms with van der Waals surface area (Å²) in [5, 5.41) is 2.32. The molecule has 2 aliphatic heterocycles. The predicted molar refractivity (Wildman–Crippen MR) is 134 cm³/mol. The maximum absolute atomic E-state index is 6.77. The summed E-state index contributed by atoms with van der Waals surface area (Å²) in [7, 11) is 4.00. The second kappa shape index (κ2) is 6.34. The molecule has 3 atom stereocenters. The molecule has 0 amide bonds. The minimum absolute atomic E-state index is 0.0383. The molecule has 1 saturated heterocycles. The third kappa shape index (κ3) is 2.13. The van der Waals surface area contributed by atoms with Crippen molar-refractivity contribution in [2.24, 2.45) is 0 Å². The molecule has 1 fully saturated rings. The molecule has 1 aromatic heterocycles. The van der Waals surface area contributed by atoms with E-state index in [0.717, 1.165) is 58.4 Å². The first-order chi connectivity index (χ1) is 16.7. The Kier molecular flexibility index (Phi) is 3.52. The summed E-state index contributed by atoms with van der Waals surface area (Å²) in [6, 6.07) is 19.5. The van der Waals surface area contributed by atoms with E-state index in [2.05, 4.69) is 66.6 Å². The lowest BCUT2D eigenvalue weighted by Gasteiger charge is -2.52. The third-order valence-electron chi connectivity index (χ3n) is 8.64. The van der Waals surface area contributed by atoms with Crippen molar-refractivity contribution in [1.82, 2.24) is 4.90 Å². The zero-order chi connectivity index (χ0) is 22.6. The lowest BCUT2D eigenvalue weighted by molar-refractivity contribution is 0.118. The predicted octanol–water partition coefficient (Wildman–Crippen LogP) is 5.88.